The minimum Gasteiger partial charge on any atom is -0.466 e. The first-order valence-electron chi connectivity index (χ1n) is 7.98. The SMILES string of the molecule is CCOC(=O)CCc1ccc(NCC=Cc2ccccc2)cc1. The molecule has 0 aliphatic rings. The highest BCUT2D eigenvalue weighted by molar-refractivity contribution is 5.69. The van der Waals surface area contributed by atoms with Crippen LogP contribution >= 0.6 is 0 Å². The van der Waals surface area contributed by atoms with Crippen molar-refractivity contribution in [3.63, 3.8) is 0 Å². The lowest BCUT2D eigenvalue weighted by molar-refractivity contribution is -0.143. The normalized spacial score (nSPS) is 10.7. The van der Waals surface area contributed by atoms with Crippen molar-refractivity contribution in [2.45, 2.75) is 19.8 Å². The number of rotatable bonds is 8. The van der Waals surface area contributed by atoms with E-state index in [4.69, 9.17) is 4.74 Å². The van der Waals surface area contributed by atoms with Crippen LogP contribution in [0, 0.1) is 0 Å². The van der Waals surface area contributed by atoms with Gasteiger partial charge in [0.05, 0.1) is 6.61 Å². The topological polar surface area (TPSA) is 38.3 Å². The Morgan fingerprint density at radius 2 is 1.83 bits per heavy atom. The van der Waals surface area contributed by atoms with E-state index in [1.54, 1.807) is 0 Å². The first kappa shape index (κ1) is 16.8. The molecule has 0 spiro atoms. The number of ether oxygens (including phenoxy) is 1. The van der Waals surface area contributed by atoms with Crippen LogP contribution in [-0.2, 0) is 16.0 Å². The molecule has 0 radical (unpaired) electrons. The van der Waals surface area contributed by atoms with Crippen molar-refractivity contribution in [1.82, 2.24) is 0 Å². The number of carbonyl (C=O) groups excluding carboxylic acids is 1. The monoisotopic (exact) mass is 309 g/mol. The van der Waals surface area contributed by atoms with Crippen molar-refractivity contribution in [2.24, 2.45) is 0 Å². The summed E-state index contributed by atoms with van der Waals surface area (Å²) in [5, 5.41) is 3.35. The van der Waals surface area contributed by atoms with Gasteiger partial charge < -0.3 is 10.1 Å². The molecule has 23 heavy (non-hydrogen) atoms. The second-order valence-corrected chi connectivity index (χ2v) is 5.20. The maximum atomic E-state index is 11.3. The van der Waals surface area contributed by atoms with E-state index >= 15 is 0 Å². The Morgan fingerprint density at radius 3 is 2.52 bits per heavy atom. The molecule has 0 saturated heterocycles. The van der Waals surface area contributed by atoms with Gasteiger partial charge in [-0.25, -0.2) is 0 Å². The highest BCUT2D eigenvalue weighted by atomic mass is 16.5. The molecule has 0 bridgehead atoms. The molecule has 120 valence electrons. The average Bonchev–Trinajstić information content (AvgIpc) is 2.59. The quantitative estimate of drug-likeness (QED) is 0.739. The van der Waals surface area contributed by atoms with Crippen LogP contribution in [0.4, 0.5) is 5.69 Å². The lowest BCUT2D eigenvalue weighted by Gasteiger charge is -2.06. The molecule has 3 heteroatoms. The fourth-order valence-electron chi connectivity index (χ4n) is 2.20. The van der Waals surface area contributed by atoms with Crippen LogP contribution in [0.25, 0.3) is 6.08 Å². The number of benzene rings is 2. The average molecular weight is 309 g/mol. The second kappa shape index (κ2) is 9.46. The van der Waals surface area contributed by atoms with E-state index in [1.165, 1.54) is 5.56 Å². The zero-order valence-electron chi connectivity index (χ0n) is 13.5. The van der Waals surface area contributed by atoms with Crippen LogP contribution in [-0.4, -0.2) is 19.1 Å². The van der Waals surface area contributed by atoms with Gasteiger partial charge in [0.25, 0.3) is 0 Å². The molecule has 0 aliphatic carbocycles. The molecule has 0 aliphatic heterocycles. The molecule has 2 aromatic rings. The number of anilines is 1. The molecule has 0 heterocycles. The van der Waals surface area contributed by atoms with Crippen molar-refractivity contribution in [3.8, 4) is 0 Å². The number of hydrogen-bond donors (Lipinski definition) is 1. The van der Waals surface area contributed by atoms with Crippen LogP contribution in [0.5, 0.6) is 0 Å². The molecule has 0 aromatic heterocycles. The second-order valence-electron chi connectivity index (χ2n) is 5.20. The Bertz CT molecular complexity index is 618. The first-order valence-corrected chi connectivity index (χ1v) is 7.98. The third kappa shape index (κ3) is 6.39. The molecule has 2 rings (SSSR count). The summed E-state index contributed by atoms with van der Waals surface area (Å²) in [5.41, 5.74) is 3.41. The highest BCUT2D eigenvalue weighted by Gasteiger charge is 2.02. The Labute approximate surface area is 138 Å². The molecule has 0 amide bonds. The number of aryl methyl sites for hydroxylation is 1. The maximum absolute atomic E-state index is 11.3. The van der Waals surface area contributed by atoms with Crippen molar-refractivity contribution >= 4 is 17.7 Å². The fraction of sp³-hybridized carbons (Fsp3) is 0.250. The van der Waals surface area contributed by atoms with E-state index in [1.807, 2.05) is 49.4 Å². The fourth-order valence-corrected chi connectivity index (χ4v) is 2.20. The molecule has 2 aromatic carbocycles. The first-order chi connectivity index (χ1) is 11.3. The van der Waals surface area contributed by atoms with Crippen molar-refractivity contribution in [3.05, 3.63) is 71.8 Å². The third-order valence-electron chi connectivity index (χ3n) is 3.41. The van der Waals surface area contributed by atoms with Gasteiger partial charge in [0, 0.05) is 18.7 Å². The van der Waals surface area contributed by atoms with Crippen molar-refractivity contribution in [1.29, 1.82) is 0 Å². The Morgan fingerprint density at radius 1 is 1.09 bits per heavy atom. The zero-order chi connectivity index (χ0) is 16.3. The lowest BCUT2D eigenvalue weighted by atomic mass is 10.1. The summed E-state index contributed by atoms with van der Waals surface area (Å²) in [7, 11) is 0. The lowest BCUT2D eigenvalue weighted by Crippen LogP contribution is -2.05. The number of hydrogen-bond acceptors (Lipinski definition) is 3. The van der Waals surface area contributed by atoms with E-state index < -0.39 is 0 Å². The predicted octanol–water partition coefficient (Wildman–Crippen LogP) is 4.31. The van der Waals surface area contributed by atoms with E-state index in [0.717, 1.165) is 17.8 Å². The standard InChI is InChI=1S/C20H23NO2/c1-2-23-20(22)15-12-18-10-13-19(14-11-18)21-16-6-9-17-7-4-3-5-8-17/h3-11,13-14,21H,2,12,15-16H2,1H3. The van der Waals surface area contributed by atoms with Crippen molar-refractivity contribution < 1.29 is 9.53 Å². The maximum Gasteiger partial charge on any atom is 0.306 e. The Balaban J connectivity index is 1.74. The predicted molar refractivity (Wildman–Crippen MR) is 95.4 cm³/mol. The Hall–Kier alpha value is -2.55. The Kier molecular flexibility index (Phi) is 6.92. The molecule has 0 saturated carbocycles. The summed E-state index contributed by atoms with van der Waals surface area (Å²) < 4.78 is 4.93. The molecule has 3 nitrogen and oxygen atoms in total. The van der Waals surface area contributed by atoms with Gasteiger partial charge in [-0.05, 0) is 36.6 Å². The van der Waals surface area contributed by atoms with Gasteiger partial charge in [0.15, 0.2) is 0 Å². The van der Waals surface area contributed by atoms with E-state index in [2.05, 4.69) is 29.6 Å². The van der Waals surface area contributed by atoms with Gasteiger partial charge in [0.1, 0.15) is 0 Å². The van der Waals surface area contributed by atoms with E-state index in [-0.39, 0.29) is 5.97 Å². The van der Waals surface area contributed by atoms with Gasteiger partial charge in [-0.3, -0.25) is 4.79 Å². The molecule has 0 fully saturated rings. The molecule has 0 atom stereocenters. The summed E-state index contributed by atoms with van der Waals surface area (Å²) in [6.07, 6.45) is 5.35. The van der Waals surface area contributed by atoms with Crippen LogP contribution in [0.1, 0.15) is 24.5 Å². The minimum atomic E-state index is -0.138. The van der Waals surface area contributed by atoms with Crippen LogP contribution in [0.3, 0.4) is 0 Å². The largest absolute Gasteiger partial charge is 0.466 e. The van der Waals surface area contributed by atoms with Gasteiger partial charge in [-0.1, -0.05) is 54.6 Å². The molecular weight excluding hydrogens is 286 g/mol. The highest BCUT2D eigenvalue weighted by Crippen LogP contribution is 2.11. The van der Waals surface area contributed by atoms with Crippen LogP contribution in [0.15, 0.2) is 60.7 Å². The van der Waals surface area contributed by atoms with Crippen LogP contribution in [0.2, 0.25) is 0 Å². The minimum absolute atomic E-state index is 0.138. The van der Waals surface area contributed by atoms with Gasteiger partial charge in [-0.2, -0.15) is 0 Å². The van der Waals surface area contributed by atoms with Crippen molar-refractivity contribution in [2.75, 3.05) is 18.5 Å². The zero-order valence-corrected chi connectivity index (χ0v) is 13.5. The van der Waals surface area contributed by atoms with Gasteiger partial charge in [-0.15, -0.1) is 0 Å². The molecule has 1 N–H and O–H groups in total. The smallest absolute Gasteiger partial charge is 0.306 e. The van der Waals surface area contributed by atoms with Gasteiger partial charge >= 0.3 is 5.97 Å². The van der Waals surface area contributed by atoms with Gasteiger partial charge in [0.2, 0.25) is 0 Å². The summed E-state index contributed by atoms with van der Waals surface area (Å²) >= 11 is 0. The number of esters is 1. The molecular formula is C20H23NO2. The summed E-state index contributed by atoms with van der Waals surface area (Å²) in [4.78, 5) is 11.3. The van der Waals surface area contributed by atoms with E-state index in [0.29, 0.717) is 19.4 Å². The number of nitrogens with one attached hydrogen (secondary N) is 1. The molecule has 0 unspecified atom stereocenters. The summed E-state index contributed by atoms with van der Waals surface area (Å²) in [6, 6.07) is 18.4. The number of carbonyl (C=O) groups is 1. The summed E-state index contributed by atoms with van der Waals surface area (Å²) in [6.45, 7) is 3.04. The van der Waals surface area contributed by atoms with E-state index in [9.17, 15) is 4.79 Å². The van der Waals surface area contributed by atoms with Crippen LogP contribution < -0.4 is 5.32 Å². The summed E-state index contributed by atoms with van der Waals surface area (Å²) in [5.74, 6) is -0.138. The third-order valence-corrected chi connectivity index (χ3v) is 3.41.